The van der Waals surface area contributed by atoms with E-state index in [4.69, 9.17) is 15.2 Å². The van der Waals surface area contributed by atoms with Gasteiger partial charge in [0.2, 0.25) is 0 Å². The zero-order valence-electron chi connectivity index (χ0n) is 30.3. The number of aliphatic hydroxyl groups excluding tert-OH is 2. The van der Waals surface area contributed by atoms with E-state index < -0.39 is 12.2 Å². The summed E-state index contributed by atoms with van der Waals surface area (Å²) in [6.45, 7) is 10.4. The third kappa shape index (κ3) is 16.8. The van der Waals surface area contributed by atoms with Crippen molar-refractivity contribution in [2.75, 3.05) is 0 Å². The second-order valence-electron chi connectivity index (χ2n) is 14.8. The number of nitrogens with two attached hydrogens (primary N) is 1. The van der Waals surface area contributed by atoms with E-state index in [0.29, 0.717) is 31.3 Å². The molecule has 1 heterocycles. The zero-order valence-corrected chi connectivity index (χ0v) is 30.3. The van der Waals surface area contributed by atoms with Crippen LogP contribution in [0, 0.1) is 23.7 Å². The fraction of sp³-hybridized carbons (Fsp3) is 0.725. The monoisotopic (exact) mass is 671 g/mol. The van der Waals surface area contributed by atoms with Gasteiger partial charge >= 0.3 is 0 Å². The Balaban J connectivity index is 1.71. The Hall–Kier alpha value is -2.39. The molecule has 4 N–H and O–H groups in total. The molecule has 0 aromatic rings. The quantitative estimate of drug-likeness (QED) is 0.0629. The minimum atomic E-state index is -0.808. The van der Waals surface area contributed by atoms with Crippen LogP contribution in [0.3, 0.4) is 0 Å². The number of carbonyl (C=O) groups is 3. The summed E-state index contributed by atoms with van der Waals surface area (Å²) in [5.74, 6) is 0.923. The van der Waals surface area contributed by atoms with Crippen LogP contribution in [0.25, 0.3) is 0 Å². The van der Waals surface area contributed by atoms with Gasteiger partial charge in [-0.15, -0.1) is 0 Å². The van der Waals surface area contributed by atoms with Gasteiger partial charge in [0.05, 0.1) is 18.3 Å². The first-order valence-electron chi connectivity index (χ1n) is 18.5. The molecule has 8 heteroatoms. The summed E-state index contributed by atoms with van der Waals surface area (Å²) < 4.78 is 11.1. The summed E-state index contributed by atoms with van der Waals surface area (Å²) in [4.78, 5) is 35.0. The lowest BCUT2D eigenvalue weighted by Gasteiger charge is -2.28. The first-order valence-corrected chi connectivity index (χ1v) is 18.5. The van der Waals surface area contributed by atoms with Gasteiger partial charge < -0.3 is 30.2 Å². The van der Waals surface area contributed by atoms with Crippen molar-refractivity contribution in [3.63, 3.8) is 0 Å². The molecule has 1 saturated carbocycles. The second-order valence-corrected chi connectivity index (χ2v) is 14.8. The molecular formula is C40H65NO7. The Morgan fingerprint density at radius 1 is 0.896 bits per heavy atom. The number of hydrogen-bond acceptors (Lipinski definition) is 8. The Labute approximate surface area is 290 Å². The topological polar surface area (TPSA) is 136 Å². The minimum Gasteiger partial charge on any atom is -0.465 e. The standard InChI is InChI=1S/C40H65NO7/c1-28(10-7-6-8-11-30(3)38(44)24-36-12-9-13-37(26-42)48-36)22-31(4)39(45)25-40(46)32(5)23-29(2)14-20-35(47-27-43)21-17-33-15-18-34(41)19-16-33/h6-8,10-11,23,26-29,31,33-38,40,44,46H,9,12-22,24-25,41H2,1-5H3/b8-6+,10-7+,30-11+,32-23+. The average molecular weight is 672 g/mol. The predicted molar refractivity (Wildman–Crippen MR) is 192 cm³/mol. The molecule has 2 fully saturated rings. The summed E-state index contributed by atoms with van der Waals surface area (Å²) in [6.07, 6.45) is 22.5. The normalized spacial score (nSPS) is 26.5. The van der Waals surface area contributed by atoms with Crippen molar-refractivity contribution in [3.8, 4) is 0 Å². The number of hydrogen-bond donors (Lipinski definition) is 3. The lowest BCUT2D eigenvalue weighted by atomic mass is 9.83. The van der Waals surface area contributed by atoms with Gasteiger partial charge in [-0.05, 0) is 120 Å². The Kier molecular flexibility index (Phi) is 20.1. The number of Topliss-reactive ketones (excluding diaryl/α,β-unsaturated/α-hetero) is 1. The van der Waals surface area contributed by atoms with Crippen molar-refractivity contribution in [2.45, 2.75) is 161 Å². The van der Waals surface area contributed by atoms with Crippen LogP contribution >= 0.6 is 0 Å². The van der Waals surface area contributed by atoms with Gasteiger partial charge in [0.15, 0.2) is 0 Å². The highest BCUT2D eigenvalue weighted by atomic mass is 16.5. The molecule has 2 rings (SSSR count). The highest BCUT2D eigenvalue weighted by molar-refractivity contribution is 5.81. The molecule has 8 atom stereocenters. The van der Waals surface area contributed by atoms with Gasteiger partial charge in [-0.2, -0.15) is 0 Å². The van der Waals surface area contributed by atoms with Crippen molar-refractivity contribution >= 4 is 18.5 Å². The number of ketones is 1. The molecule has 8 nitrogen and oxygen atoms in total. The molecular weight excluding hydrogens is 606 g/mol. The van der Waals surface area contributed by atoms with Gasteiger partial charge in [0.1, 0.15) is 24.3 Å². The van der Waals surface area contributed by atoms with Crippen LogP contribution in [0.15, 0.2) is 47.6 Å². The van der Waals surface area contributed by atoms with Crippen LogP contribution in [0.2, 0.25) is 0 Å². The fourth-order valence-corrected chi connectivity index (χ4v) is 6.94. The van der Waals surface area contributed by atoms with Gasteiger partial charge in [0, 0.05) is 24.8 Å². The Morgan fingerprint density at radius 2 is 1.62 bits per heavy atom. The summed E-state index contributed by atoms with van der Waals surface area (Å²) in [5, 5.41) is 21.3. The second kappa shape index (κ2) is 23.1. The number of rotatable bonds is 22. The van der Waals surface area contributed by atoms with Crippen LogP contribution in [0.4, 0.5) is 0 Å². The minimum absolute atomic E-state index is 0.0516. The summed E-state index contributed by atoms with van der Waals surface area (Å²) in [5.41, 5.74) is 7.68. The summed E-state index contributed by atoms with van der Waals surface area (Å²) in [7, 11) is 0. The smallest absolute Gasteiger partial charge is 0.293 e. The molecule has 272 valence electrons. The van der Waals surface area contributed by atoms with E-state index in [9.17, 15) is 24.6 Å². The zero-order chi connectivity index (χ0) is 35.5. The highest BCUT2D eigenvalue weighted by Crippen LogP contribution is 2.29. The number of aliphatic hydroxyl groups is 2. The maximum atomic E-state index is 12.9. The van der Waals surface area contributed by atoms with E-state index in [1.807, 2.05) is 51.2 Å². The predicted octanol–water partition coefficient (Wildman–Crippen LogP) is 7.12. The molecule has 48 heavy (non-hydrogen) atoms. The molecule has 0 amide bonds. The molecule has 2 aliphatic rings. The highest BCUT2D eigenvalue weighted by Gasteiger charge is 2.25. The van der Waals surface area contributed by atoms with Crippen molar-refractivity contribution in [1.82, 2.24) is 0 Å². The van der Waals surface area contributed by atoms with Crippen LogP contribution in [-0.4, -0.2) is 65.3 Å². The molecule has 0 spiro atoms. The Bertz CT molecular complexity index is 1070. The number of ether oxygens (including phenoxy) is 2. The van der Waals surface area contributed by atoms with E-state index in [2.05, 4.69) is 19.9 Å². The third-order valence-electron chi connectivity index (χ3n) is 10.3. The maximum absolute atomic E-state index is 12.9. The third-order valence-corrected chi connectivity index (χ3v) is 10.3. The SMILES string of the molecule is C/C(=C\C(C)CCC(CCC1CCC(N)CC1)OC=O)C(O)CC(=O)C(C)CC(C)/C=C/C=C/C=C(\C)C(O)CC1CCCC(C=O)O1. The van der Waals surface area contributed by atoms with Crippen LogP contribution in [0.5, 0.6) is 0 Å². The average Bonchev–Trinajstić information content (AvgIpc) is 3.06. The van der Waals surface area contributed by atoms with Crippen LogP contribution < -0.4 is 5.73 Å². The van der Waals surface area contributed by atoms with E-state index in [1.165, 1.54) is 0 Å². The number of allylic oxidation sites excluding steroid dienone is 6. The van der Waals surface area contributed by atoms with Crippen LogP contribution in [-0.2, 0) is 23.9 Å². The molecule has 1 aliphatic heterocycles. The molecule has 8 unspecified atom stereocenters. The van der Waals surface area contributed by atoms with E-state index in [1.54, 1.807) is 0 Å². The van der Waals surface area contributed by atoms with Gasteiger partial charge in [-0.25, -0.2) is 0 Å². The molecule has 0 bridgehead atoms. The lowest BCUT2D eigenvalue weighted by molar-refractivity contribution is -0.134. The summed E-state index contributed by atoms with van der Waals surface area (Å²) in [6, 6.07) is 0.335. The molecule has 0 aromatic heterocycles. The van der Waals surface area contributed by atoms with E-state index >= 15 is 0 Å². The largest absolute Gasteiger partial charge is 0.465 e. The first-order chi connectivity index (χ1) is 22.9. The van der Waals surface area contributed by atoms with Gasteiger partial charge in [-0.1, -0.05) is 57.2 Å². The van der Waals surface area contributed by atoms with Crippen LogP contribution in [0.1, 0.15) is 125 Å². The van der Waals surface area contributed by atoms with Crippen molar-refractivity contribution in [2.24, 2.45) is 29.4 Å². The van der Waals surface area contributed by atoms with Crippen molar-refractivity contribution in [1.29, 1.82) is 0 Å². The summed E-state index contributed by atoms with van der Waals surface area (Å²) >= 11 is 0. The molecule has 1 saturated heterocycles. The molecule has 1 aliphatic carbocycles. The first kappa shape index (κ1) is 41.8. The number of aldehydes is 1. The Morgan fingerprint density at radius 3 is 2.31 bits per heavy atom. The molecule has 0 aromatic carbocycles. The molecule has 0 radical (unpaired) electrons. The lowest BCUT2D eigenvalue weighted by Crippen LogP contribution is -2.31. The van der Waals surface area contributed by atoms with E-state index in [-0.39, 0.29) is 48.3 Å². The van der Waals surface area contributed by atoms with Crippen molar-refractivity contribution in [3.05, 3.63) is 47.6 Å². The van der Waals surface area contributed by atoms with Gasteiger partial charge in [-0.3, -0.25) is 9.59 Å². The fourth-order valence-electron chi connectivity index (χ4n) is 6.94. The maximum Gasteiger partial charge on any atom is 0.293 e. The van der Waals surface area contributed by atoms with Gasteiger partial charge in [0.25, 0.3) is 6.47 Å². The van der Waals surface area contributed by atoms with Crippen molar-refractivity contribution < 1.29 is 34.1 Å². The van der Waals surface area contributed by atoms with E-state index in [0.717, 1.165) is 88.1 Å². The number of carbonyl (C=O) groups excluding carboxylic acids is 3.